The van der Waals surface area contributed by atoms with Crippen LogP contribution in [0.25, 0.3) is 0 Å². The average molecular weight is 206 g/mol. The third kappa shape index (κ3) is 3.09. The minimum atomic E-state index is -0.857. The summed E-state index contributed by atoms with van der Waals surface area (Å²) in [4.78, 5) is 0. The van der Waals surface area contributed by atoms with Gasteiger partial charge < -0.3 is 10.4 Å². The van der Waals surface area contributed by atoms with Gasteiger partial charge in [-0.2, -0.15) is 0 Å². The Morgan fingerprint density at radius 3 is 2.47 bits per heavy atom. The predicted octanol–water partition coefficient (Wildman–Crippen LogP) is 1.85. The molecule has 1 aromatic rings. The van der Waals surface area contributed by atoms with Crippen molar-refractivity contribution >= 4 is 12.4 Å². The van der Waals surface area contributed by atoms with Gasteiger partial charge >= 0.3 is 0 Å². The molecule has 1 aromatic carbocycles. The van der Waals surface area contributed by atoms with Crippen molar-refractivity contribution in [1.82, 2.24) is 0 Å². The molecule has 0 aliphatic carbocycles. The maximum Gasteiger partial charge on any atom is 0.205 e. The van der Waals surface area contributed by atoms with Crippen LogP contribution in [-0.4, -0.2) is 27.9 Å². The lowest BCUT2D eigenvalue weighted by Gasteiger charge is -2.18. The molecule has 0 saturated heterocycles. The number of rotatable bonds is 3. The van der Waals surface area contributed by atoms with E-state index in [0.29, 0.717) is 0 Å². The molecule has 0 aliphatic rings. The summed E-state index contributed by atoms with van der Waals surface area (Å²) < 4.78 is 0.752. The van der Waals surface area contributed by atoms with Gasteiger partial charge in [0.05, 0.1) is 0 Å². The average Bonchev–Trinajstić information content (AvgIpc) is 2.19. The van der Waals surface area contributed by atoms with Crippen molar-refractivity contribution in [2.75, 3.05) is 0 Å². The molecule has 1 N–H and O–H groups in total. The summed E-state index contributed by atoms with van der Waals surface area (Å²) in [5, 5.41) is 23.0. The van der Waals surface area contributed by atoms with Crippen LogP contribution in [-0.2, 0) is 0 Å². The van der Waals surface area contributed by atoms with Crippen molar-refractivity contribution in [3.8, 4) is 0 Å². The zero-order valence-corrected chi connectivity index (χ0v) is 8.79. The fourth-order valence-corrected chi connectivity index (χ4v) is 1.04. The molecule has 1 rings (SSSR count). The first kappa shape index (κ1) is 11.2. The van der Waals surface area contributed by atoms with Gasteiger partial charge in [0, 0.05) is 19.4 Å². The standard InChI is InChI=1S/C11H14N2O2/c1-11(2,9-12-14)13(15)8-10-6-4-3-5-7-10/h3-9,14H,1-2H3/b12-9-,13-8-. The smallest absolute Gasteiger partial charge is 0.205 e. The first-order chi connectivity index (χ1) is 7.06. The van der Waals surface area contributed by atoms with Gasteiger partial charge in [-0.3, -0.25) is 0 Å². The van der Waals surface area contributed by atoms with Crippen LogP contribution in [0.1, 0.15) is 19.4 Å². The van der Waals surface area contributed by atoms with E-state index in [0.717, 1.165) is 10.3 Å². The lowest BCUT2D eigenvalue weighted by atomic mass is 10.1. The van der Waals surface area contributed by atoms with Crippen molar-refractivity contribution in [3.63, 3.8) is 0 Å². The van der Waals surface area contributed by atoms with Crippen LogP contribution in [0.15, 0.2) is 35.5 Å². The maximum absolute atomic E-state index is 11.7. The Bertz CT molecular complexity index is 369. The number of oxime groups is 1. The molecule has 0 heterocycles. The Morgan fingerprint density at radius 2 is 1.93 bits per heavy atom. The minimum absolute atomic E-state index is 0.752. The highest BCUT2D eigenvalue weighted by Gasteiger charge is 2.23. The molecule has 0 unspecified atom stereocenters. The Kier molecular flexibility index (Phi) is 3.44. The van der Waals surface area contributed by atoms with Crippen LogP contribution in [0.3, 0.4) is 0 Å². The van der Waals surface area contributed by atoms with Crippen molar-refractivity contribution in [2.45, 2.75) is 19.4 Å². The quantitative estimate of drug-likeness (QED) is 0.270. The molecule has 4 heteroatoms. The third-order valence-electron chi connectivity index (χ3n) is 2.01. The summed E-state index contributed by atoms with van der Waals surface area (Å²) in [5.41, 5.74) is -0.0446. The van der Waals surface area contributed by atoms with Gasteiger partial charge in [0.1, 0.15) is 6.21 Å². The van der Waals surface area contributed by atoms with Gasteiger partial charge in [-0.25, -0.2) is 4.74 Å². The minimum Gasteiger partial charge on any atom is -0.623 e. The summed E-state index contributed by atoms with van der Waals surface area (Å²) in [6.45, 7) is 3.33. The Labute approximate surface area is 88.8 Å². The molecule has 80 valence electrons. The molecule has 0 aliphatic heterocycles. The molecule has 0 aromatic heterocycles. The van der Waals surface area contributed by atoms with E-state index in [1.165, 1.54) is 12.4 Å². The lowest BCUT2D eigenvalue weighted by Crippen LogP contribution is -2.35. The highest BCUT2D eigenvalue weighted by molar-refractivity contribution is 5.77. The first-order valence-electron chi connectivity index (χ1n) is 4.61. The van der Waals surface area contributed by atoms with Gasteiger partial charge in [0.15, 0.2) is 6.21 Å². The van der Waals surface area contributed by atoms with Crippen LogP contribution in [0.5, 0.6) is 0 Å². The van der Waals surface area contributed by atoms with E-state index >= 15 is 0 Å². The predicted molar refractivity (Wildman–Crippen MR) is 59.6 cm³/mol. The topological polar surface area (TPSA) is 58.7 Å². The molecular formula is C11H14N2O2. The largest absolute Gasteiger partial charge is 0.623 e. The maximum atomic E-state index is 11.7. The van der Waals surface area contributed by atoms with Crippen LogP contribution >= 0.6 is 0 Å². The fourth-order valence-electron chi connectivity index (χ4n) is 1.04. The Hall–Kier alpha value is -1.84. The summed E-state index contributed by atoms with van der Waals surface area (Å²) in [5.74, 6) is 0. The normalized spacial score (nSPS) is 13.3. The van der Waals surface area contributed by atoms with Crippen molar-refractivity contribution < 1.29 is 9.95 Å². The van der Waals surface area contributed by atoms with E-state index in [-0.39, 0.29) is 0 Å². The van der Waals surface area contributed by atoms with Gasteiger partial charge in [-0.05, 0) is 12.1 Å². The zero-order chi connectivity index (χ0) is 11.3. The Morgan fingerprint density at radius 1 is 1.33 bits per heavy atom. The van der Waals surface area contributed by atoms with Gasteiger partial charge in [0.25, 0.3) is 0 Å². The molecule has 0 saturated carbocycles. The SMILES string of the molecule is CC(C)(/C=N\O)/[N+]([O-])=C/c1ccccc1. The number of hydrogen-bond acceptors (Lipinski definition) is 3. The molecule has 0 radical (unpaired) electrons. The van der Waals surface area contributed by atoms with E-state index in [1.807, 2.05) is 30.3 Å². The molecular weight excluding hydrogens is 192 g/mol. The second kappa shape index (κ2) is 4.59. The summed E-state index contributed by atoms with van der Waals surface area (Å²) in [6.07, 6.45) is 2.65. The van der Waals surface area contributed by atoms with Crippen molar-refractivity contribution in [1.29, 1.82) is 0 Å². The van der Waals surface area contributed by atoms with E-state index in [9.17, 15) is 5.21 Å². The van der Waals surface area contributed by atoms with Crippen molar-refractivity contribution in [2.24, 2.45) is 5.16 Å². The molecule has 0 amide bonds. The molecule has 0 atom stereocenters. The van der Waals surface area contributed by atoms with Crippen molar-refractivity contribution in [3.05, 3.63) is 41.1 Å². The number of nitrogens with zero attached hydrogens (tertiary/aromatic N) is 2. The van der Waals surface area contributed by atoms with Crippen LogP contribution in [0.4, 0.5) is 0 Å². The van der Waals surface area contributed by atoms with E-state index in [2.05, 4.69) is 5.16 Å². The second-order valence-corrected chi connectivity index (χ2v) is 3.76. The Balaban J connectivity index is 2.94. The first-order valence-corrected chi connectivity index (χ1v) is 4.61. The number of benzene rings is 1. The summed E-state index contributed by atoms with van der Waals surface area (Å²) >= 11 is 0. The highest BCUT2D eigenvalue weighted by Crippen LogP contribution is 2.05. The van der Waals surface area contributed by atoms with Crippen LogP contribution in [0.2, 0.25) is 0 Å². The fraction of sp³-hybridized carbons (Fsp3) is 0.273. The molecule has 4 nitrogen and oxygen atoms in total. The number of hydroxylamine groups is 1. The number of hydrogen-bond donors (Lipinski definition) is 1. The second-order valence-electron chi connectivity index (χ2n) is 3.76. The van der Waals surface area contributed by atoms with Gasteiger partial charge in [-0.15, -0.1) is 0 Å². The molecule has 15 heavy (non-hydrogen) atoms. The summed E-state index contributed by atoms with van der Waals surface area (Å²) in [7, 11) is 0. The highest BCUT2D eigenvalue weighted by atomic mass is 16.5. The molecule has 0 spiro atoms. The van der Waals surface area contributed by atoms with E-state index < -0.39 is 5.54 Å². The zero-order valence-electron chi connectivity index (χ0n) is 8.79. The van der Waals surface area contributed by atoms with Gasteiger partial charge in [-0.1, -0.05) is 23.4 Å². The van der Waals surface area contributed by atoms with E-state index in [1.54, 1.807) is 13.8 Å². The van der Waals surface area contributed by atoms with Crippen LogP contribution in [0, 0.1) is 5.21 Å². The summed E-state index contributed by atoms with van der Waals surface area (Å²) in [6, 6.07) is 9.25. The lowest BCUT2D eigenvalue weighted by molar-refractivity contribution is -0.511. The molecule has 0 bridgehead atoms. The van der Waals surface area contributed by atoms with Crippen LogP contribution < -0.4 is 0 Å². The third-order valence-corrected chi connectivity index (χ3v) is 2.01. The molecule has 0 fully saturated rings. The monoisotopic (exact) mass is 206 g/mol. The van der Waals surface area contributed by atoms with Gasteiger partial charge in [0.2, 0.25) is 5.54 Å². The van der Waals surface area contributed by atoms with E-state index in [4.69, 9.17) is 5.21 Å².